The van der Waals surface area contributed by atoms with Crippen LogP contribution in [0.2, 0.25) is 6.55 Å². The van der Waals surface area contributed by atoms with E-state index in [0.717, 1.165) is 0 Å². The molecule has 0 fully saturated rings. The van der Waals surface area contributed by atoms with Gasteiger partial charge in [-0.2, -0.15) is 47.5 Å². The second-order valence-electron chi connectivity index (χ2n) is 7.33. The summed E-state index contributed by atoms with van der Waals surface area (Å²) in [6, 6.07) is 47.9. The van der Waals surface area contributed by atoms with Crippen LogP contribution in [0.5, 0.6) is 0 Å². The summed E-state index contributed by atoms with van der Waals surface area (Å²) in [7, 11) is 11.9. The Labute approximate surface area is 212 Å². The Hall–Kier alpha value is -1.96. The molecule has 33 heavy (non-hydrogen) atoms. The standard InChI is InChI=1S/2C11H9.C7H8Si.2ClH.Zr/c2*1-2-6-10(7-3-1)11-8-4-5-9-11;1-8-7-5-3-2-4-6-7;;;/h2*1-9H;2-6H,1H3;2*1H;/q2*-1;;;;+2/p-2. The van der Waals surface area contributed by atoms with Crippen LogP contribution in [-0.4, -0.2) is 5.43 Å². The van der Waals surface area contributed by atoms with Gasteiger partial charge in [-0.3, -0.25) is 0 Å². The van der Waals surface area contributed by atoms with Crippen molar-refractivity contribution >= 4 is 27.6 Å². The van der Waals surface area contributed by atoms with Crippen LogP contribution in [0.25, 0.3) is 22.3 Å². The summed E-state index contributed by atoms with van der Waals surface area (Å²) in [4.78, 5) is 0. The minimum absolute atomic E-state index is 0.557. The van der Waals surface area contributed by atoms with Gasteiger partial charge in [0.25, 0.3) is 0 Å². The molecular weight excluding hydrogens is 539 g/mol. The van der Waals surface area contributed by atoms with E-state index in [4.69, 9.17) is 17.0 Å². The van der Waals surface area contributed by atoms with Gasteiger partial charge in [0.15, 0.2) is 0 Å². The largest absolute Gasteiger partial charge is 0.206 e. The van der Waals surface area contributed by atoms with Crippen molar-refractivity contribution in [2.24, 2.45) is 0 Å². The van der Waals surface area contributed by atoms with E-state index in [1.165, 1.54) is 27.4 Å². The van der Waals surface area contributed by atoms with Crippen molar-refractivity contribution in [2.75, 3.05) is 0 Å². The molecule has 0 saturated carbocycles. The summed E-state index contributed by atoms with van der Waals surface area (Å²) in [5, 5.41) is 1.37. The average molecular weight is 565 g/mol. The van der Waals surface area contributed by atoms with E-state index >= 15 is 0 Å². The van der Waals surface area contributed by atoms with Crippen LogP contribution in [0.15, 0.2) is 140 Å². The molecule has 0 unspecified atom stereocenters. The molecule has 5 aromatic rings. The van der Waals surface area contributed by atoms with Gasteiger partial charge in [-0.1, -0.05) is 71.8 Å². The molecule has 0 N–H and O–H groups in total. The number of hydrogen-bond donors (Lipinski definition) is 0. The minimum atomic E-state index is -1.95. The van der Waals surface area contributed by atoms with Crippen molar-refractivity contribution < 1.29 is 18.0 Å². The molecular formula is C29H26Cl2SiZr-2. The summed E-state index contributed by atoms with van der Waals surface area (Å²) in [6.07, 6.45) is 0. The second kappa shape index (κ2) is 14.3. The molecule has 0 aromatic heterocycles. The summed E-state index contributed by atoms with van der Waals surface area (Å²) in [6.45, 7) is 2.20. The van der Waals surface area contributed by atoms with E-state index in [2.05, 4.69) is 116 Å². The van der Waals surface area contributed by atoms with E-state index in [1.54, 1.807) is 0 Å². The fourth-order valence-electron chi connectivity index (χ4n) is 3.19. The molecule has 5 aromatic carbocycles. The molecule has 0 aliphatic rings. The van der Waals surface area contributed by atoms with Crippen molar-refractivity contribution in [3.63, 3.8) is 0 Å². The number of halogens is 2. The van der Waals surface area contributed by atoms with Crippen LogP contribution in [0.1, 0.15) is 0 Å². The minimum Gasteiger partial charge on any atom is -0.206 e. The van der Waals surface area contributed by atoms with E-state index in [9.17, 15) is 0 Å². The predicted molar refractivity (Wildman–Crippen MR) is 144 cm³/mol. The zero-order valence-electron chi connectivity index (χ0n) is 18.5. The molecule has 4 heteroatoms. The summed E-state index contributed by atoms with van der Waals surface area (Å²) in [5.41, 5.74) is 4.62. The average Bonchev–Trinajstić information content (AvgIpc) is 3.61. The Balaban J connectivity index is 0.000000139. The van der Waals surface area contributed by atoms with Crippen LogP contribution < -0.4 is 5.19 Å². The molecule has 166 valence electrons. The smallest absolute Gasteiger partial charge is 0.0623 e. The summed E-state index contributed by atoms with van der Waals surface area (Å²) < 4.78 is 0. The van der Waals surface area contributed by atoms with Crippen LogP contribution >= 0.6 is 17.0 Å². The normalized spacial score (nSPS) is 9.67. The maximum atomic E-state index is 5.97. The molecule has 0 atom stereocenters. The van der Waals surface area contributed by atoms with Gasteiger partial charge < -0.3 is 0 Å². The van der Waals surface area contributed by atoms with Crippen molar-refractivity contribution in [3.8, 4) is 22.3 Å². The quantitative estimate of drug-likeness (QED) is 0.152. The monoisotopic (exact) mass is 562 g/mol. The fraction of sp³-hybridized carbons (Fsp3) is 0.0345. The molecule has 0 radical (unpaired) electrons. The molecule has 0 aliphatic carbocycles. The summed E-state index contributed by atoms with van der Waals surface area (Å²) in [5.74, 6) is 0. The first-order valence-corrected chi connectivity index (χ1v) is 22.8. The first-order chi connectivity index (χ1) is 16.1. The maximum absolute atomic E-state index is 5.97. The van der Waals surface area contributed by atoms with Crippen molar-refractivity contribution in [2.45, 2.75) is 6.55 Å². The first-order valence-electron chi connectivity index (χ1n) is 10.8. The predicted octanol–water partition coefficient (Wildman–Crippen LogP) is 8.59. The van der Waals surface area contributed by atoms with Gasteiger partial charge >= 0.3 is 82.5 Å². The second-order valence-corrected chi connectivity index (χ2v) is 28.3. The molecule has 0 aliphatic heterocycles. The Morgan fingerprint density at radius 3 is 1.27 bits per heavy atom. The van der Waals surface area contributed by atoms with Gasteiger partial charge in [0, 0.05) is 0 Å². The molecule has 0 bridgehead atoms. The van der Waals surface area contributed by atoms with Gasteiger partial charge in [-0.15, -0.1) is 0 Å². The molecule has 0 amide bonds. The first kappa shape index (κ1) is 25.7. The zero-order chi connectivity index (χ0) is 23.3. The zero-order valence-corrected chi connectivity index (χ0v) is 23.5. The molecule has 5 rings (SSSR count). The maximum Gasteiger partial charge on any atom is -0.0623 e. The van der Waals surface area contributed by atoms with Crippen LogP contribution in [0.4, 0.5) is 0 Å². The van der Waals surface area contributed by atoms with Gasteiger partial charge in [-0.05, 0) is 0 Å². The molecule has 0 nitrogen and oxygen atoms in total. The molecule has 0 heterocycles. The SMILES string of the molecule is C[Si](c1ccccc1)=[Zr]([Cl])[Cl].c1ccc(-c2cc[cH-]c2)cc1.c1ccc(-c2cc[cH-]c2)cc1. The van der Waals surface area contributed by atoms with Crippen LogP contribution in [0.3, 0.4) is 0 Å². The number of benzene rings is 3. The Morgan fingerprint density at radius 2 is 0.939 bits per heavy atom. The van der Waals surface area contributed by atoms with E-state index in [1.807, 2.05) is 30.3 Å². The van der Waals surface area contributed by atoms with Gasteiger partial charge in [0.1, 0.15) is 0 Å². The fourth-order valence-corrected chi connectivity index (χ4v) is 10.8. The van der Waals surface area contributed by atoms with Gasteiger partial charge in [0.05, 0.1) is 0 Å². The van der Waals surface area contributed by atoms with Crippen LogP contribution in [-0.2, 0) is 18.0 Å². The Kier molecular flexibility index (Phi) is 11.1. The molecule has 0 saturated heterocycles. The third kappa shape index (κ3) is 8.72. The van der Waals surface area contributed by atoms with E-state index in [-0.39, 0.29) is 0 Å². The molecule has 0 spiro atoms. The van der Waals surface area contributed by atoms with Gasteiger partial charge in [-0.25, -0.2) is 12.1 Å². The van der Waals surface area contributed by atoms with E-state index in [0.29, 0.717) is 0 Å². The number of rotatable bonds is 3. The summed E-state index contributed by atoms with van der Waals surface area (Å²) >= 11 is -1.95. The third-order valence-corrected chi connectivity index (χ3v) is 23.2. The van der Waals surface area contributed by atoms with E-state index < -0.39 is 23.4 Å². The van der Waals surface area contributed by atoms with Gasteiger partial charge in [0.2, 0.25) is 0 Å². The number of hydrogen-bond acceptors (Lipinski definition) is 0. The van der Waals surface area contributed by atoms with Crippen LogP contribution in [0, 0.1) is 0 Å². The Morgan fingerprint density at radius 1 is 0.545 bits per heavy atom. The Bertz CT molecular complexity index is 1130. The third-order valence-electron chi connectivity index (χ3n) is 5.03. The van der Waals surface area contributed by atoms with Crippen molar-refractivity contribution in [1.82, 2.24) is 0 Å². The topological polar surface area (TPSA) is 0 Å². The van der Waals surface area contributed by atoms with Crippen molar-refractivity contribution in [3.05, 3.63) is 140 Å². The van der Waals surface area contributed by atoms with Crippen molar-refractivity contribution in [1.29, 1.82) is 0 Å².